The van der Waals surface area contributed by atoms with Crippen molar-refractivity contribution in [2.45, 2.75) is 46.1 Å². The molecule has 2 unspecified atom stereocenters. The van der Waals surface area contributed by atoms with Gasteiger partial charge in [0.2, 0.25) is 0 Å². The average Bonchev–Trinajstić information content (AvgIpc) is 2.64. The molecule has 6 heteroatoms. The minimum absolute atomic E-state index is 0.0452. The van der Waals surface area contributed by atoms with E-state index in [1.807, 2.05) is 0 Å². The zero-order valence-electron chi connectivity index (χ0n) is 17.6. The van der Waals surface area contributed by atoms with Crippen LogP contribution in [-0.4, -0.2) is 24.4 Å². The molecule has 1 fully saturated rings. The molecule has 2 atom stereocenters. The van der Waals surface area contributed by atoms with E-state index in [0.717, 1.165) is 12.8 Å². The molecular formula is C24H28F2N2O2. The predicted molar refractivity (Wildman–Crippen MR) is 112 cm³/mol. The third-order valence-corrected chi connectivity index (χ3v) is 5.63. The summed E-state index contributed by atoms with van der Waals surface area (Å²) in [5, 5.41) is 5.95. The van der Waals surface area contributed by atoms with Crippen LogP contribution in [0.25, 0.3) is 0 Å². The second-order valence-electron chi connectivity index (χ2n) is 9.43. The molecule has 0 spiro atoms. The van der Waals surface area contributed by atoms with Gasteiger partial charge in [0.25, 0.3) is 11.8 Å². The van der Waals surface area contributed by atoms with Crippen molar-refractivity contribution >= 4 is 11.8 Å². The summed E-state index contributed by atoms with van der Waals surface area (Å²) >= 11 is 0. The summed E-state index contributed by atoms with van der Waals surface area (Å²) in [6.45, 7) is 6.78. The number of hydrogen-bond acceptors (Lipinski definition) is 2. The Balaban J connectivity index is 1.67. The average molecular weight is 414 g/mol. The van der Waals surface area contributed by atoms with Gasteiger partial charge in [0.05, 0.1) is 0 Å². The standard InChI is InChI=1S/C24H28F2N2O2/c1-23(2)12-20(28-22(30)17-7-5-9-19(26)11-17)13-24(3,14-23)15-27-21(29)16-6-4-8-18(25)10-16/h4-11,20H,12-15H2,1-3H3,(H,27,29)(H,28,30). The normalized spacial score (nSPS) is 22.9. The zero-order chi connectivity index (χ0) is 21.9. The van der Waals surface area contributed by atoms with Crippen LogP contribution in [0.4, 0.5) is 8.78 Å². The van der Waals surface area contributed by atoms with Gasteiger partial charge in [0.15, 0.2) is 0 Å². The van der Waals surface area contributed by atoms with Gasteiger partial charge in [-0.1, -0.05) is 32.9 Å². The summed E-state index contributed by atoms with van der Waals surface area (Å²) in [4.78, 5) is 25.0. The van der Waals surface area contributed by atoms with Crippen LogP contribution in [0.3, 0.4) is 0 Å². The Bertz CT molecular complexity index is 944. The van der Waals surface area contributed by atoms with E-state index in [1.54, 1.807) is 12.1 Å². The molecule has 0 aromatic heterocycles. The number of hydrogen-bond donors (Lipinski definition) is 2. The first-order chi connectivity index (χ1) is 14.1. The summed E-state index contributed by atoms with van der Waals surface area (Å²) in [6.07, 6.45) is 2.35. The SMILES string of the molecule is CC1(C)CC(NC(=O)c2cccc(F)c2)CC(C)(CNC(=O)c2cccc(F)c2)C1. The first-order valence-electron chi connectivity index (χ1n) is 10.2. The summed E-state index contributed by atoms with van der Waals surface area (Å²) in [5.41, 5.74) is 0.283. The van der Waals surface area contributed by atoms with Gasteiger partial charge < -0.3 is 10.6 Å². The van der Waals surface area contributed by atoms with Gasteiger partial charge in [-0.25, -0.2) is 8.78 Å². The fraction of sp³-hybridized carbons (Fsp3) is 0.417. The molecule has 2 amide bonds. The van der Waals surface area contributed by atoms with E-state index in [-0.39, 0.29) is 34.2 Å². The summed E-state index contributed by atoms with van der Waals surface area (Å²) in [7, 11) is 0. The molecule has 1 saturated carbocycles. The Labute approximate surface area is 176 Å². The number of halogens is 2. The van der Waals surface area contributed by atoms with E-state index in [0.29, 0.717) is 18.5 Å². The molecule has 1 aliphatic rings. The highest BCUT2D eigenvalue weighted by Crippen LogP contribution is 2.45. The molecule has 2 aromatic rings. The molecule has 2 aromatic carbocycles. The van der Waals surface area contributed by atoms with Crippen molar-refractivity contribution in [1.29, 1.82) is 0 Å². The maximum atomic E-state index is 13.4. The van der Waals surface area contributed by atoms with Crippen molar-refractivity contribution in [3.63, 3.8) is 0 Å². The highest BCUT2D eigenvalue weighted by Gasteiger charge is 2.42. The van der Waals surface area contributed by atoms with Crippen molar-refractivity contribution in [1.82, 2.24) is 10.6 Å². The van der Waals surface area contributed by atoms with Crippen LogP contribution in [0.15, 0.2) is 48.5 Å². The molecule has 0 saturated heterocycles. The molecule has 160 valence electrons. The molecule has 0 bridgehead atoms. The molecule has 1 aliphatic carbocycles. The molecule has 4 nitrogen and oxygen atoms in total. The fourth-order valence-electron chi connectivity index (χ4n) is 4.79. The molecule has 30 heavy (non-hydrogen) atoms. The van der Waals surface area contributed by atoms with Gasteiger partial charge in [-0.05, 0) is 66.5 Å². The van der Waals surface area contributed by atoms with Gasteiger partial charge in [-0.3, -0.25) is 9.59 Å². The monoisotopic (exact) mass is 414 g/mol. The number of nitrogens with one attached hydrogen (secondary N) is 2. The Morgan fingerprint density at radius 2 is 1.50 bits per heavy atom. The number of rotatable bonds is 5. The molecule has 2 N–H and O–H groups in total. The number of benzene rings is 2. The van der Waals surface area contributed by atoms with Crippen LogP contribution in [-0.2, 0) is 0 Å². The van der Waals surface area contributed by atoms with Crippen LogP contribution in [0.2, 0.25) is 0 Å². The molecular weight excluding hydrogens is 386 g/mol. The quantitative estimate of drug-likeness (QED) is 0.745. The Hall–Kier alpha value is -2.76. The highest BCUT2D eigenvalue weighted by molar-refractivity contribution is 5.94. The van der Waals surface area contributed by atoms with Crippen molar-refractivity contribution in [3.05, 3.63) is 71.3 Å². The minimum Gasteiger partial charge on any atom is -0.351 e. The molecule has 0 radical (unpaired) electrons. The number of carbonyl (C=O) groups excluding carboxylic acids is 2. The summed E-state index contributed by atoms with van der Waals surface area (Å²) in [5.74, 6) is -1.52. The van der Waals surface area contributed by atoms with Crippen LogP contribution in [0.5, 0.6) is 0 Å². The maximum Gasteiger partial charge on any atom is 0.251 e. The van der Waals surface area contributed by atoms with Crippen LogP contribution >= 0.6 is 0 Å². The second kappa shape index (κ2) is 8.54. The van der Waals surface area contributed by atoms with Crippen LogP contribution in [0, 0.1) is 22.5 Å². The maximum absolute atomic E-state index is 13.4. The summed E-state index contributed by atoms with van der Waals surface area (Å²) in [6, 6.07) is 11.1. The summed E-state index contributed by atoms with van der Waals surface area (Å²) < 4.78 is 26.8. The topological polar surface area (TPSA) is 58.2 Å². The minimum atomic E-state index is -0.451. The third-order valence-electron chi connectivity index (χ3n) is 5.63. The van der Waals surface area contributed by atoms with Crippen molar-refractivity contribution in [2.24, 2.45) is 10.8 Å². The Morgan fingerprint density at radius 3 is 2.07 bits per heavy atom. The van der Waals surface area contributed by atoms with Gasteiger partial charge in [0.1, 0.15) is 11.6 Å². The van der Waals surface area contributed by atoms with Crippen molar-refractivity contribution < 1.29 is 18.4 Å². The lowest BCUT2D eigenvalue weighted by molar-refractivity contribution is 0.0592. The lowest BCUT2D eigenvalue weighted by Crippen LogP contribution is -2.50. The number of amides is 2. The Kier molecular flexibility index (Phi) is 6.25. The van der Waals surface area contributed by atoms with Crippen LogP contribution < -0.4 is 10.6 Å². The van der Waals surface area contributed by atoms with Crippen LogP contribution in [0.1, 0.15) is 60.7 Å². The van der Waals surface area contributed by atoms with E-state index in [9.17, 15) is 18.4 Å². The first-order valence-corrected chi connectivity index (χ1v) is 10.2. The smallest absolute Gasteiger partial charge is 0.251 e. The van der Waals surface area contributed by atoms with Gasteiger partial charge in [-0.2, -0.15) is 0 Å². The lowest BCUT2D eigenvalue weighted by Gasteiger charge is -2.47. The van der Waals surface area contributed by atoms with Crippen molar-refractivity contribution in [2.75, 3.05) is 6.54 Å². The van der Waals surface area contributed by atoms with Gasteiger partial charge >= 0.3 is 0 Å². The fourth-order valence-corrected chi connectivity index (χ4v) is 4.79. The third kappa shape index (κ3) is 5.65. The largest absolute Gasteiger partial charge is 0.351 e. The highest BCUT2D eigenvalue weighted by atomic mass is 19.1. The van der Waals surface area contributed by atoms with Gasteiger partial charge in [-0.15, -0.1) is 0 Å². The van der Waals surface area contributed by atoms with E-state index in [4.69, 9.17) is 0 Å². The molecule has 3 rings (SSSR count). The first kappa shape index (κ1) is 21.9. The van der Waals surface area contributed by atoms with E-state index < -0.39 is 11.6 Å². The molecule has 0 heterocycles. The zero-order valence-corrected chi connectivity index (χ0v) is 17.6. The molecule has 0 aliphatic heterocycles. The van der Waals surface area contributed by atoms with Crippen molar-refractivity contribution in [3.8, 4) is 0 Å². The lowest BCUT2D eigenvalue weighted by atomic mass is 9.62. The second-order valence-corrected chi connectivity index (χ2v) is 9.43. The van der Waals surface area contributed by atoms with E-state index in [2.05, 4.69) is 31.4 Å². The van der Waals surface area contributed by atoms with E-state index >= 15 is 0 Å². The van der Waals surface area contributed by atoms with E-state index in [1.165, 1.54) is 36.4 Å². The van der Waals surface area contributed by atoms with Gasteiger partial charge in [0, 0.05) is 23.7 Å². The number of carbonyl (C=O) groups is 2. The Morgan fingerprint density at radius 1 is 0.933 bits per heavy atom. The predicted octanol–water partition coefficient (Wildman–Crippen LogP) is 4.71.